The minimum atomic E-state index is -0.263. The predicted molar refractivity (Wildman–Crippen MR) is 124 cm³/mol. The molecule has 0 fully saturated rings. The number of rotatable bonds is 7. The Balaban J connectivity index is 1.42. The van der Waals surface area contributed by atoms with Crippen molar-refractivity contribution in [3.05, 3.63) is 83.3 Å². The van der Waals surface area contributed by atoms with E-state index in [1.807, 2.05) is 62.4 Å². The lowest BCUT2D eigenvalue weighted by Gasteiger charge is -2.09. The van der Waals surface area contributed by atoms with Crippen molar-refractivity contribution in [1.82, 2.24) is 20.1 Å². The monoisotopic (exact) mass is 443 g/mol. The van der Waals surface area contributed by atoms with Gasteiger partial charge in [-0.25, -0.2) is 9.97 Å². The van der Waals surface area contributed by atoms with Crippen molar-refractivity contribution in [3.63, 3.8) is 0 Å². The Labute approximate surface area is 192 Å². The average Bonchev–Trinajstić information content (AvgIpc) is 3.29. The van der Waals surface area contributed by atoms with Gasteiger partial charge < -0.3 is 14.6 Å². The van der Waals surface area contributed by atoms with Gasteiger partial charge in [-0.3, -0.25) is 4.79 Å². The molecular weight excluding hydrogens is 418 g/mol. The van der Waals surface area contributed by atoms with E-state index in [4.69, 9.17) is 9.26 Å². The number of carbonyl (C=O) groups is 1. The molecule has 8 heteroatoms. The van der Waals surface area contributed by atoms with E-state index in [9.17, 15) is 4.79 Å². The van der Waals surface area contributed by atoms with E-state index >= 15 is 0 Å². The van der Waals surface area contributed by atoms with Crippen LogP contribution in [-0.4, -0.2) is 33.1 Å². The van der Waals surface area contributed by atoms with Gasteiger partial charge in [0.05, 0.1) is 18.4 Å². The third-order valence-corrected chi connectivity index (χ3v) is 5.12. The van der Waals surface area contributed by atoms with Gasteiger partial charge in [0.1, 0.15) is 5.75 Å². The number of aryl methyl sites for hydroxylation is 1. The van der Waals surface area contributed by atoms with Crippen LogP contribution in [0, 0.1) is 6.92 Å². The van der Waals surface area contributed by atoms with Gasteiger partial charge in [0.2, 0.25) is 5.89 Å². The van der Waals surface area contributed by atoms with Crippen molar-refractivity contribution in [2.75, 3.05) is 12.4 Å². The van der Waals surface area contributed by atoms with E-state index in [1.54, 1.807) is 20.2 Å². The maximum absolute atomic E-state index is 12.8. The Morgan fingerprint density at radius 3 is 2.39 bits per heavy atom. The van der Waals surface area contributed by atoms with Gasteiger partial charge in [0.15, 0.2) is 11.6 Å². The van der Waals surface area contributed by atoms with Crippen LogP contribution in [0.4, 0.5) is 5.69 Å². The van der Waals surface area contributed by atoms with Crippen LogP contribution in [0.2, 0.25) is 0 Å². The fourth-order valence-electron chi connectivity index (χ4n) is 3.23. The lowest BCUT2D eigenvalue weighted by molar-refractivity contribution is 0.102. The maximum Gasteiger partial charge on any atom is 0.259 e. The molecule has 33 heavy (non-hydrogen) atoms. The van der Waals surface area contributed by atoms with Crippen molar-refractivity contribution in [2.45, 2.75) is 33.1 Å². The van der Waals surface area contributed by atoms with Gasteiger partial charge >= 0.3 is 0 Å². The molecule has 0 aliphatic carbocycles. The number of hydrogen-bond acceptors (Lipinski definition) is 7. The molecular formula is C25H25N5O3. The number of carbonyl (C=O) groups excluding carboxylic acids is 1. The topological polar surface area (TPSA) is 103 Å². The van der Waals surface area contributed by atoms with Crippen LogP contribution in [-0.2, 0) is 6.42 Å². The SMILES string of the molecule is COc1ccc(-c2ncc(C(=O)Nc3ccc(Cc4noc(C(C)C)n4)cc3)c(C)n2)cc1. The summed E-state index contributed by atoms with van der Waals surface area (Å²) in [4.78, 5) is 26.0. The molecule has 8 nitrogen and oxygen atoms in total. The maximum atomic E-state index is 12.8. The molecule has 0 saturated heterocycles. The highest BCUT2D eigenvalue weighted by atomic mass is 16.5. The minimum absolute atomic E-state index is 0.196. The summed E-state index contributed by atoms with van der Waals surface area (Å²) >= 11 is 0. The molecule has 0 unspecified atom stereocenters. The molecule has 2 aromatic heterocycles. The second-order valence-corrected chi connectivity index (χ2v) is 7.95. The van der Waals surface area contributed by atoms with Gasteiger partial charge in [-0.2, -0.15) is 4.98 Å². The Kier molecular flexibility index (Phi) is 6.44. The summed E-state index contributed by atoms with van der Waals surface area (Å²) in [6, 6.07) is 15.0. The molecule has 2 heterocycles. The van der Waals surface area contributed by atoms with E-state index in [2.05, 4.69) is 25.4 Å². The molecule has 0 aliphatic rings. The number of nitrogens with one attached hydrogen (secondary N) is 1. The summed E-state index contributed by atoms with van der Waals surface area (Å²) in [5.74, 6) is 2.51. The first-order chi connectivity index (χ1) is 15.9. The van der Waals surface area contributed by atoms with Crippen LogP contribution in [0.15, 0.2) is 59.3 Å². The van der Waals surface area contributed by atoms with Crippen molar-refractivity contribution < 1.29 is 14.1 Å². The Morgan fingerprint density at radius 1 is 1.06 bits per heavy atom. The molecule has 0 atom stereocenters. The van der Waals surface area contributed by atoms with Crippen molar-refractivity contribution in [1.29, 1.82) is 0 Å². The minimum Gasteiger partial charge on any atom is -0.497 e. The number of ether oxygens (including phenoxy) is 1. The number of benzene rings is 2. The molecule has 0 bridgehead atoms. The molecule has 4 aromatic rings. The third-order valence-electron chi connectivity index (χ3n) is 5.12. The Bertz CT molecular complexity index is 1250. The highest BCUT2D eigenvalue weighted by molar-refractivity contribution is 6.04. The number of nitrogens with zero attached hydrogens (tertiary/aromatic N) is 4. The van der Waals surface area contributed by atoms with Crippen LogP contribution in [0.1, 0.15) is 53.1 Å². The molecule has 0 aliphatic heterocycles. The normalized spacial score (nSPS) is 10.9. The molecule has 168 valence electrons. The standard InChI is InChI=1S/C25H25N5O3/c1-15(2)25-29-22(30-33-25)13-17-5-9-19(10-6-17)28-24(31)21-14-26-23(27-16(21)3)18-7-11-20(32-4)12-8-18/h5-12,14-15H,13H2,1-4H3,(H,28,31). The number of hydrogen-bond donors (Lipinski definition) is 1. The Morgan fingerprint density at radius 2 is 1.79 bits per heavy atom. The summed E-state index contributed by atoms with van der Waals surface area (Å²) in [5, 5.41) is 6.91. The Hall–Kier alpha value is -4.07. The fourth-order valence-corrected chi connectivity index (χ4v) is 3.23. The van der Waals surface area contributed by atoms with Gasteiger partial charge in [0, 0.05) is 29.8 Å². The summed E-state index contributed by atoms with van der Waals surface area (Å²) in [6.07, 6.45) is 2.11. The lowest BCUT2D eigenvalue weighted by Crippen LogP contribution is -2.15. The van der Waals surface area contributed by atoms with Crippen LogP contribution in [0.25, 0.3) is 11.4 Å². The molecule has 0 spiro atoms. The van der Waals surface area contributed by atoms with Crippen molar-refractivity contribution in [3.8, 4) is 17.1 Å². The number of amides is 1. The molecule has 0 saturated carbocycles. The predicted octanol–water partition coefficient (Wildman–Crippen LogP) is 4.81. The summed E-state index contributed by atoms with van der Waals surface area (Å²) in [5.41, 5.74) is 3.57. The number of methoxy groups -OCH3 is 1. The van der Waals surface area contributed by atoms with E-state index < -0.39 is 0 Å². The van der Waals surface area contributed by atoms with Crippen LogP contribution in [0.3, 0.4) is 0 Å². The zero-order chi connectivity index (χ0) is 23.4. The average molecular weight is 444 g/mol. The van der Waals surface area contributed by atoms with Crippen molar-refractivity contribution in [2.24, 2.45) is 0 Å². The van der Waals surface area contributed by atoms with Gasteiger partial charge in [-0.1, -0.05) is 31.1 Å². The second kappa shape index (κ2) is 9.60. The summed E-state index contributed by atoms with van der Waals surface area (Å²) in [7, 11) is 1.62. The van der Waals surface area contributed by atoms with E-state index in [1.165, 1.54) is 0 Å². The van der Waals surface area contributed by atoms with Crippen molar-refractivity contribution >= 4 is 11.6 Å². The number of aromatic nitrogens is 4. The quantitative estimate of drug-likeness (QED) is 0.437. The zero-order valence-corrected chi connectivity index (χ0v) is 19.0. The zero-order valence-electron chi connectivity index (χ0n) is 19.0. The third kappa shape index (κ3) is 5.23. The first-order valence-corrected chi connectivity index (χ1v) is 10.6. The highest BCUT2D eigenvalue weighted by Crippen LogP contribution is 2.21. The molecule has 0 radical (unpaired) electrons. The van der Waals surface area contributed by atoms with Gasteiger partial charge in [0.25, 0.3) is 5.91 Å². The fraction of sp³-hybridized carbons (Fsp3) is 0.240. The van der Waals surface area contributed by atoms with E-state index in [0.29, 0.717) is 40.9 Å². The first-order valence-electron chi connectivity index (χ1n) is 10.6. The number of anilines is 1. The van der Waals surface area contributed by atoms with Crippen LogP contribution >= 0.6 is 0 Å². The van der Waals surface area contributed by atoms with E-state index in [0.717, 1.165) is 16.9 Å². The molecule has 4 rings (SSSR count). The smallest absolute Gasteiger partial charge is 0.259 e. The first kappa shape index (κ1) is 22.1. The summed E-state index contributed by atoms with van der Waals surface area (Å²) in [6.45, 7) is 5.81. The largest absolute Gasteiger partial charge is 0.497 e. The van der Waals surface area contributed by atoms with Gasteiger partial charge in [-0.15, -0.1) is 0 Å². The van der Waals surface area contributed by atoms with Gasteiger partial charge in [-0.05, 0) is 48.9 Å². The van der Waals surface area contributed by atoms with Crippen LogP contribution in [0.5, 0.6) is 5.75 Å². The molecule has 2 aromatic carbocycles. The van der Waals surface area contributed by atoms with E-state index in [-0.39, 0.29) is 11.8 Å². The molecule has 1 N–H and O–H groups in total. The summed E-state index contributed by atoms with van der Waals surface area (Å²) < 4.78 is 10.4. The lowest BCUT2D eigenvalue weighted by atomic mass is 10.1. The second-order valence-electron chi connectivity index (χ2n) is 7.95. The highest BCUT2D eigenvalue weighted by Gasteiger charge is 2.14. The van der Waals surface area contributed by atoms with Crippen LogP contribution < -0.4 is 10.1 Å². The molecule has 1 amide bonds.